The minimum atomic E-state index is -4.73. The van der Waals surface area contributed by atoms with Crippen molar-refractivity contribution in [3.63, 3.8) is 0 Å². The number of rotatable bonds is 3. The third kappa shape index (κ3) is 3.04. The lowest BCUT2D eigenvalue weighted by Crippen LogP contribution is -2.13. The van der Waals surface area contributed by atoms with Crippen LogP contribution in [0, 0.1) is 5.82 Å². The minimum Gasteiger partial charge on any atom is -0.494 e. The zero-order valence-corrected chi connectivity index (χ0v) is 11.1. The zero-order valence-electron chi connectivity index (χ0n) is 11.1. The molecule has 2 rings (SSSR count). The highest BCUT2D eigenvalue weighted by Crippen LogP contribution is 2.32. The van der Waals surface area contributed by atoms with E-state index in [-0.39, 0.29) is 22.8 Å². The lowest BCUT2D eigenvalue weighted by Gasteiger charge is -2.11. The van der Waals surface area contributed by atoms with Crippen molar-refractivity contribution in [2.45, 2.75) is 6.18 Å². The smallest absolute Gasteiger partial charge is 0.451 e. The number of hydrogen-bond donors (Lipinski definition) is 1. The first-order valence-corrected chi connectivity index (χ1v) is 5.83. The summed E-state index contributed by atoms with van der Waals surface area (Å²) in [5.41, 5.74) is -0.281. The quantitative estimate of drug-likeness (QED) is 0.883. The maximum absolute atomic E-state index is 14.1. The zero-order chi connectivity index (χ0) is 15.6. The van der Waals surface area contributed by atoms with Gasteiger partial charge >= 0.3 is 6.18 Å². The molecule has 0 saturated carbocycles. The van der Waals surface area contributed by atoms with E-state index in [0.29, 0.717) is 0 Å². The number of nitrogens with one attached hydrogen (secondary N) is 1. The lowest BCUT2D eigenvalue weighted by atomic mass is 10.1. The first kappa shape index (κ1) is 15.0. The summed E-state index contributed by atoms with van der Waals surface area (Å²) in [5, 5.41) is 2.49. The predicted octanol–water partition coefficient (Wildman–Crippen LogP) is 3.35. The Balaban J connectivity index is 2.64. The van der Waals surface area contributed by atoms with Crippen molar-refractivity contribution in [3.05, 3.63) is 35.9 Å². The van der Waals surface area contributed by atoms with Crippen LogP contribution in [0.4, 0.5) is 23.4 Å². The largest absolute Gasteiger partial charge is 0.494 e. The Bertz CT molecular complexity index is 658. The van der Waals surface area contributed by atoms with Gasteiger partial charge in [-0.05, 0) is 12.1 Å². The van der Waals surface area contributed by atoms with Crippen molar-refractivity contribution in [1.29, 1.82) is 0 Å². The van der Waals surface area contributed by atoms with Gasteiger partial charge in [0, 0.05) is 18.7 Å². The summed E-state index contributed by atoms with van der Waals surface area (Å²) in [6.07, 6.45) is -4.73. The van der Waals surface area contributed by atoms with Gasteiger partial charge in [-0.1, -0.05) is 6.07 Å². The Hall–Kier alpha value is -2.38. The molecule has 0 fully saturated rings. The molecule has 0 aliphatic rings. The Morgan fingerprint density at radius 3 is 2.48 bits per heavy atom. The Kier molecular flexibility index (Phi) is 3.97. The average molecular weight is 301 g/mol. The van der Waals surface area contributed by atoms with Crippen LogP contribution in [0.3, 0.4) is 0 Å². The van der Waals surface area contributed by atoms with Crippen LogP contribution in [0.5, 0.6) is 5.75 Å². The number of alkyl halides is 3. The van der Waals surface area contributed by atoms with E-state index in [4.69, 9.17) is 4.74 Å². The maximum Gasteiger partial charge on any atom is 0.451 e. The summed E-state index contributed by atoms with van der Waals surface area (Å²) < 4.78 is 57.3. The van der Waals surface area contributed by atoms with Crippen LogP contribution >= 0.6 is 0 Å². The van der Waals surface area contributed by atoms with Gasteiger partial charge < -0.3 is 10.1 Å². The van der Waals surface area contributed by atoms with Crippen molar-refractivity contribution in [2.24, 2.45) is 0 Å². The van der Waals surface area contributed by atoms with Gasteiger partial charge in [0.05, 0.1) is 12.8 Å². The van der Waals surface area contributed by atoms with Crippen molar-refractivity contribution in [3.8, 4) is 17.0 Å². The summed E-state index contributed by atoms with van der Waals surface area (Å²) in [6.45, 7) is 0. The van der Waals surface area contributed by atoms with Gasteiger partial charge in [0.15, 0.2) is 11.6 Å². The van der Waals surface area contributed by atoms with Gasteiger partial charge in [-0.3, -0.25) is 0 Å². The molecular weight excluding hydrogens is 290 g/mol. The van der Waals surface area contributed by atoms with E-state index in [2.05, 4.69) is 15.3 Å². The van der Waals surface area contributed by atoms with Gasteiger partial charge in [0.2, 0.25) is 5.82 Å². The van der Waals surface area contributed by atoms with Crippen LogP contribution in [0.25, 0.3) is 11.3 Å². The van der Waals surface area contributed by atoms with Gasteiger partial charge in [-0.2, -0.15) is 13.2 Å². The van der Waals surface area contributed by atoms with Gasteiger partial charge in [-0.15, -0.1) is 0 Å². The first-order chi connectivity index (χ1) is 9.86. The highest BCUT2D eigenvalue weighted by Gasteiger charge is 2.35. The molecule has 0 atom stereocenters. The summed E-state index contributed by atoms with van der Waals surface area (Å²) >= 11 is 0. The lowest BCUT2D eigenvalue weighted by molar-refractivity contribution is -0.144. The molecule has 1 aromatic carbocycles. The van der Waals surface area contributed by atoms with E-state index in [1.807, 2.05) is 0 Å². The number of aromatic nitrogens is 2. The number of benzene rings is 1. The molecule has 0 spiro atoms. The molecule has 4 nitrogen and oxygen atoms in total. The molecule has 0 radical (unpaired) electrons. The number of halogens is 4. The third-order valence-corrected chi connectivity index (χ3v) is 2.69. The molecule has 1 aromatic heterocycles. The predicted molar refractivity (Wildman–Crippen MR) is 68.5 cm³/mol. The second-order valence-electron chi connectivity index (χ2n) is 4.03. The number of nitrogens with zero attached hydrogens (tertiary/aromatic N) is 2. The second-order valence-corrected chi connectivity index (χ2v) is 4.03. The number of ether oxygens (including phenoxy) is 1. The highest BCUT2D eigenvalue weighted by atomic mass is 19.4. The van der Waals surface area contributed by atoms with E-state index < -0.39 is 17.8 Å². The van der Waals surface area contributed by atoms with Crippen molar-refractivity contribution in [2.75, 3.05) is 19.5 Å². The van der Waals surface area contributed by atoms with Crippen LogP contribution in [0.15, 0.2) is 24.3 Å². The summed E-state index contributed by atoms with van der Waals surface area (Å²) in [4.78, 5) is 6.71. The molecule has 1 heterocycles. The van der Waals surface area contributed by atoms with E-state index in [9.17, 15) is 17.6 Å². The molecule has 21 heavy (non-hydrogen) atoms. The number of hydrogen-bond acceptors (Lipinski definition) is 4. The van der Waals surface area contributed by atoms with Gasteiger partial charge in [0.25, 0.3) is 0 Å². The topological polar surface area (TPSA) is 47.0 Å². The van der Waals surface area contributed by atoms with Crippen LogP contribution < -0.4 is 10.1 Å². The molecule has 112 valence electrons. The van der Waals surface area contributed by atoms with E-state index in [0.717, 1.165) is 0 Å². The minimum absolute atomic E-state index is 0.0606. The molecule has 0 bridgehead atoms. The maximum atomic E-state index is 14.1. The van der Waals surface area contributed by atoms with Crippen LogP contribution in [-0.2, 0) is 6.18 Å². The fraction of sp³-hybridized carbons (Fsp3) is 0.231. The van der Waals surface area contributed by atoms with Crippen molar-refractivity contribution >= 4 is 5.82 Å². The number of methoxy groups -OCH3 is 1. The second kappa shape index (κ2) is 5.55. The molecule has 1 N–H and O–H groups in total. The number of anilines is 1. The van der Waals surface area contributed by atoms with E-state index in [1.165, 1.54) is 38.4 Å². The molecule has 0 aliphatic carbocycles. The Morgan fingerprint density at radius 2 is 1.90 bits per heavy atom. The van der Waals surface area contributed by atoms with Crippen LogP contribution in [0.1, 0.15) is 5.82 Å². The van der Waals surface area contributed by atoms with Crippen LogP contribution in [0.2, 0.25) is 0 Å². The molecule has 0 saturated heterocycles. The average Bonchev–Trinajstić information content (AvgIpc) is 2.46. The fourth-order valence-corrected chi connectivity index (χ4v) is 1.71. The summed E-state index contributed by atoms with van der Waals surface area (Å²) in [6, 6.07) is 5.38. The molecular formula is C13H11F4N3O. The third-order valence-electron chi connectivity index (χ3n) is 2.69. The fourth-order valence-electron chi connectivity index (χ4n) is 1.71. The SMILES string of the molecule is CNc1cc(-c2cccc(OC)c2F)nc(C(F)(F)F)n1. The molecule has 0 aliphatic heterocycles. The normalized spacial score (nSPS) is 11.3. The molecule has 0 unspecified atom stereocenters. The molecule has 0 amide bonds. The highest BCUT2D eigenvalue weighted by molar-refractivity contribution is 5.65. The monoisotopic (exact) mass is 301 g/mol. The molecule has 2 aromatic rings. The van der Waals surface area contributed by atoms with E-state index in [1.54, 1.807) is 0 Å². The first-order valence-electron chi connectivity index (χ1n) is 5.83. The van der Waals surface area contributed by atoms with Crippen LogP contribution in [-0.4, -0.2) is 24.1 Å². The van der Waals surface area contributed by atoms with Gasteiger partial charge in [0.1, 0.15) is 5.82 Å². The van der Waals surface area contributed by atoms with Crippen molar-refractivity contribution < 1.29 is 22.3 Å². The van der Waals surface area contributed by atoms with Crippen molar-refractivity contribution in [1.82, 2.24) is 9.97 Å². The summed E-state index contributed by atoms with van der Waals surface area (Å²) in [7, 11) is 2.68. The Labute approximate surface area is 117 Å². The van der Waals surface area contributed by atoms with Gasteiger partial charge in [-0.25, -0.2) is 14.4 Å². The Morgan fingerprint density at radius 1 is 1.19 bits per heavy atom. The summed E-state index contributed by atoms with van der Waals surface area (Å²) in [5.74, 6) is -2.26. The standard InChI is InChI=1S/C13H11F4N3O/c1-18-10-6-8(19-12(20-10)13(15,16)17)7-4-3-5-9(21-2)11(7)14/h3-6H,1-2H3,(H,18,19,20). The molecule has 8 heteroatoms. The van der Waals surface area contributed by atoms with E-state index >= 15 is 0 Å².